The lowest BCUT2D eigenvalue weighted by atomic mass is 10.2. The normalized spacial score (nSPS) is 11.9. The third-order valence-corrected chi connectivity index (χ3v) is 4.44. The summed E-state index contributed by atoms with van der Waals surface area (Å²) < 4.78 is 47.5. The van der Waals surface area contributed by atoms with Crippen molar-refractivity contribution in [3.63, 3.8) is 0 Å². The van der Waals surface area contributed by atoms with Crippen LogP contribution in [0, 0.1) is 0 Å². The average Bonchev–Trinajstić information content (AvgIpc) is 3.08. The first-order valence-electron chi connectivity index (χ1n) is 8.61. The third-order valence-electron chi connectivity index (χ3n) is 4.44. The standard InChI is InChI=1S/C18H19F3N4O3/c1-23-15-14(16(26)24(2)17(23)27)25(11-22-15)8-3-4-9-28-13-7-5-6-12(10-13)18(19,20)21/h5-7,10-11H,3-4,8-9H2,1-2H3. The molecule has 0 fully saturated rings. The van der Waals surface area contributed by atoms with Crippen LogP contribution in [0.3, 0.4) is 0 Å². The van der Waals surface area contributed by atoms with Crippen LogP contribution in [0.2, 0.25) is 0 Å². The van der Waals surface area contributed by atoms with Crippen molar-refractivity contribution in [3.8, 4) is 5.75 Å². The molecule has 0 unspecified atom stereocenters. The maximum Gasteiger partial charge on any atom is 0.416 e. The van der Waals surface area contributed by atoms with Crippen LogP contribution in [0.5, 0.6) is 5.75 Å². The molecule has 28 heavy (non-hydrogen) atoms. The largest absolute Gasteiger partial charge is 0.494 e. The summed E-state index contributed by atoms with van der Waals surface area (Å²) in [5.74, 6) is 0.159. The van der Waals surface area contributed by atoms with Crippen LogP contribution in [-0.2, 0) is 26.8 Å². The molecular formula is C18H19F3N4O3. The molecule has 2 heterocycles. The number of aromatic nitrogens is 4. The molecule has 0 saturated heterocycles. The van der Waals surface area contributed by atoms with Gasteiger partial charge in [-0.15, -0.1) is 0 Å². The predicted octanol–water partition coefficient (Wildman–Crippen LogP) is 2.31. The average molecular weight is 396 g/mol. The number of aryl methyl sites for hydroxylation is 2. The zero-order chi connectivity index (χ0) is 20.5. The van der Waals surface area contributed by atoms with E-state index in [1.165, 1.54) is 30.1 Å². The van der Waals surface area contributed by atoms with Crippen LogP contribution in [0.25, 0.3) is 11.2 Å². The zero-order valence-corrected chi connectivity index (χ0v) is 15.4. The molecule has 150 valence electrons. The minimum absolute atomic E-state index is 0.159. The Morgan fingerprint density at radius 1 is 1.11 bits per heavy atom. The molecule has 0 spiro atoms. The molecule has 0 radical (unpaired) electrons. The minimum Gasteiger partial charge on any atom is -0.494 e. The molecule has 0 atom stereocenters. The molecule has 1 aromatic carbocycles. The van der Waals surface area contributed by atoms with Gasteiger partial charge >= 0.3 is 11.9 Å². The van der Waals surface area contributed by atoms with E-state index >= 15 is 0 Å². The van der Waals surface area contributed by atoms with Crippen LogP contribution in [0.15, 0.2) is 40.2 Å². The number of nitrogens with zero attached hydrogens (tertiary/aromatic N) is 4. The van der Waals surface area contributed by atoms with Crippen molar-refractivity contribution in [1.29, 1.82) is 0 Å². The van der Waals surface area contributed by atoms with Gasteiger partial charge in [0.1, 0.15) is 5.75 Å². The Balaban J connectivity index is 1.61. The van der Waals surface area contributed by atoms with Gasteiger partial charge in [0.15, 0.2) is 11.2 Å². The van der Waals surface area contributed by atoms with Gasteiger partial charge in [0.05, 0.1) is 18.5 Å². The number of benzene rings is 1. The second kappa shape index (κ2) is 7.53. The van der Waals surface area contributed by atoms with Crippen molar-refractivity contribution in [2.24, 2.45) is 14.1 Å². The number of imidazole rings is 1. The summed E-state index contributed by atoms with van der Waals surface area (Å²) in [4.78, 5) is 28.4. The maximum atomic E-state index is 12.7. The molecule has 2 aromatic heterocycles. The lowest BCUT2D eigenvalue weighted by Crippen LogP contribution is -2.37. The van der Waals surface area contributed by atoms with Gasteiger partial charge in [-0.2, -0.15) is 13.2 Å². The first kappa shape index (κ1) is 19.7. The molecule has 3 rings (SSSR count). The van der Waals surface area contributed by atoms with E-state index in [-0.39, 0.29) is 12.4 Å². The first-order chi connectivity index (χ1) is 13.2. The highest BCUT2D eigenvalue weighted by Gasteiger charge is 2.30. The van der Waals surface area contributed by atoms with Gasteiger partial charge in [0.2, 0.25) is 0 Å². The molecule has 3 aromatic rings. The quantitative estimate of drug-likeness (QED) is 0.600. The molecule has 0 aliphatic heterocycles. The van der Waals surface area contributed by atoms with Gasteiger partial charge in [-0.3, -0.25) is 13.9 Å². The molecule has 0 aliphatic rings. The smallest absolute Gasteiger partial charge is 0.416 e. The predicted molar refractivity (Wildman–Crippen MR) is 96.4 cm³/mol. The van der Waals surface area contributed by atoms with Crippen LogP contribution >= 0.6 is 0 Å². The zero-order valence-electron chi connectivity index (χ0n) is 15.4. The highest BCUT2D eigenvalue weighted by Crippen LogP contribution is 2.31. The van der Waals surface area contributed by atoms with Gasteiger partial charge < -0.3 is 9.30 Å². The molecule has 10 heteroatoms. The number of ether oxygens (including phenoxy) is 1. The Labute approximate surface area is 157 Å². The van der Waals surface area contributed by atoms with Gasteiger partial charge in [-0.05, 0) is 31.0 Å². The van der Waals surface area contributed by atoms with Gasteiger partial charge in [-0.1, -0.05) is 6.07 Å². The van der Waals surface area contributed by atoms with Crippen LogP contribution in [0.1, 0.15) is 18.4 Å². The fraction of sp³-hybridized carbons (Fsp3) is 0.389. The summed E-state index contributed by atoms with van der Waals surface area (Å²) in [5, 5.41) is 0. The van der Waals surface area contributed by atoms with Crippen molar-refractivity contribution >= 4 is 11.2 Å². The third kappa shape index (κ3) is 3.80. The van der Waals surface area contributed by atoms with Crippen molar-refractivity contribution in [3.05, 3.63) is 57.0 Å². The topological polar surface area (TPSA) is 71.0 Å². The molecule has 0 amide bonds. The molecule has 0 N–H and O–H groups in total. The second-order valence-electron chi connectivity index (χ2n) is 6.40. The summed E-state index contributed by atoms with van der Waals surface area (Å²) in [6, 6.07) is 4.73. The highest BCUT2D eigenvalue weighted by molar-refractivity contribution is 5.69. The second-order valence-corrected chi connectivity index (χ2v) is 6.40. The van der Waals surface area contributed by atoms with Crippen LogP contribution < -0.4 is 16.0 Å². The van der Waals surface area contributed by atoms with Gasteiger partial charge in [0, 0.05) is 20.6 Å². The summed E-state index contributed by atoms with van der Waals surface area (Å²) in [6.07, 6.45) is -1.72. The maximum absolute atomic E-state index is 12.7. The summed E-state index contributed by atoms with van der Waals surface area (Å²) >= 11 is 0. The van der Waals surface area contributed by atoms with E-state index in [0.717, 1.165) is 16.7 Å². The Morgan fingerprint density at radius 3 is 2.57 bits per heavy atom. The monoisotopic (exact) mass is 396 g/mol. The highest BCUT2D eigenvalue weighted by atomic mass is 19.4. The number of alkyl halides is 3. The molecule has 7 nitrogen and oxygen atoms in total. The summed E-state index contributed by atoms with van der Waals surface area (Å²) in [7, 11) is 2.95. The van der Waals surface area contributed by atoms with E-state index in [4.69, 9.17) is 4.74 Å². The Morgan fingerprint density at radius 2 is 1.86 bits per heavy atom. The number of hydrogen-bond donors (Lipinski definition) is 0. The fourth-order valence-corrected chi connectivity index (χ4v) is 2.90. The molecule has 0 aliphatic carbocycles. The van der Waals surface area contributed by atoms with E-state index < -0.39 is 23.0 Å². The van der Waals surface area contributed by atoms with Gasteiger partial charge in [0.25, 0.3) is 5.56 Å². The first-order valence-corrected chi connectivity index (χ1v) is 8.61. The van der Waals surface area contributed by atoms with Crippen LogP contribution in [-0.4, -0.2) is 25.3 Å². The Bertz CT molecular complexity index is 1110. The number of fused-ring (bicyclic) bond motifs is 1. The fourth-order valence-electron chi connectivity index (χ4n) is 2.90. The van der Waals surface area contributed by atoms with E-state index in [0.29, 0.717) is 30.6 Å². The number of halogens is 3. The lowest BCUT2D eigenvalue weighted by Gasteiger charge is -2.10. The minimum atomic E-state index is -4.41. The van der Waals surface area contributed by atoms with Gasteiger partial charge in [-0.25, -0.2) is 9.78 Å². The number of rotatable bonds is 6. The summed E-state index contributed by atoms with van der Waals surface area (Å²) in [5.41, 5.74) is -0.971. The lowest BCUT2D eigenvalue weighted by molar-refractivity contribution is -0.137. The Kier molecular flexibility index (Phi) is 5.30. The SMILES string of the molecule is Cn1c(=O)c2c(ncn2CCCCOc2cccc(C(F)(F)F)c2)n(C)c1=O. The van der Waals surface area contributed by atoms with E-state index in [9.17, 15) is 22.8 Å². The number of unbranched alkanes of at least 4 members (excludes halogenated alkanes) is 1. The molecule has 0 bridgehead atoms. The Hall–Kier alpha value is -3.04. The summed E-state index contributed by atoms with van der Waals surface area (Å²) in [6.45, 7) is 0.709. The molecule has 0 saturated carbocycles. The van der Waals surface area contributed by atoms with E-state index in [2.05, 4.69) is 4.98 Å². The van der Waals surface area contributed by atoms with Crippen molar-refractivity contribution in [2.75, 3.05) is 6.61 Å². The van der Waals surface area contributed by atoms with E-state index in [1.54, 1.807) is 11.6 Å². The molecular weight excluding hydrogens is 377 g/mol. The number of hydrogen-bond acceptors (Lipinski definition) is 4. The van der Waals surface area contributed by atoms with Crippen molar-refractivity contribution in [2.45, 2.75) is 25.6 Å². The van der Waals surface area contributed by atoms with Crippen LogP contribution in [0.4, 0.5) is 13.2 Å². The van der Waals surface area contributed by atoms with Crippen molar-refractivity contribution < 1.29 is 17.9 Å². The van der Waals surface area contributed by atoms with Crippen molar-refractivity contribution in [1.82, 2.24) is 18.7 Å². The van der Waals surface area contributed by atoms with E-state index in [1.807, 2.05) is 0 Å².